The monoisotopic (exact) mass is 441 g/mol. The Morgan fingerprint density at radius 3 is 2.77 bits per heavy atom. The van der Waals surface area contributed by atoms with Crippen molar-refractivity contribution in [2.24, 2.45) is 0 Å². The zero-order valence-electron chi connectivity index (χ0n) is 17.3. The van der Waals surface area contributed by atoms with Crippen molar-refractivity contribution in [3.63, 3.8) is 0 Å². The van der Waals surface area contributed by atoms with Gasteiger partial charge in [-0.05, 0) is 36.2 Å². The number of ether oxygens (including phenoxy) is 1. The van der Waals surface area contributed by atoms with Crippen LogP contribution >= 0.6 is 11.8 Å². The zero-order valence-corrected chi connectivity index (χ0v) is 18.1. The number of morpholine rings is 1. The molecule has 3 aromatic rings. The number of aromatic nitrogens is 3. The van der Waals surface area contributed by atoms with E-state index in [9.17, 15) is 9.18 Å². The van der Waals surface area contributed by atoms with Crippen LogP contribution in [0.25, 0.3) is 5.69 Å². The van der Waals surface area contributed by atoms with Crippen LogP contribution < -0.4 is 10.2 Å². The minimum Gasteiger partial charge on any atom is -0.378 e. The number of para-hydroxylation sites is 1. The van der Waals surface area contributed by atoms with Crippen molar-refractivity contribution in [1.82, 2.24) is 14.8 Å². The minimum atomic E-state index is -0.358. The number of nitrogens with zero attached hydrogens (tertiary/aromatic N) is 4. The van der Waals surface area contributed by atoms with Gasteiger partial charge in [-0.2, -0.15) is 0 Å². The van der Waals surface area contributed by atoms with Crippen LogP contribution in [0.2, 0.25) is 0 Å². The number of aryl methyl sites for hydroxylation is 1. The number of hydrogen-bond acceptors (Lipinski definition) is 6. The summed E-state index contributed by atoms with van der Waals surface area (Å²) < 4.78 is 21.7. The van der Waals surface area contributed by atoms with Gasteiger partial charge in [0.2, 0.25) is 5.91 Å². The number of carbonyl (C=O) groups excluding carboxylic acids is 1. The first-order valence-electron chi connectivity index (χ1n) is 10.2. The average Bonchev–Trinajstić information content (AvgIpc) is 3.27. The first-order valence-corrected chi connectivity index (χ1v) is 11.2. The van der Waals surface area contributed by atoms with Crippen LogP contribution in [0.1, 0.15) is 12.5 Å². The van der Waals surface area contributed by atoms with E-state index in [4.69, 9.17) is 4.74 Å². The van der Waals surface area contributed by atoms with Crippen LogP contribution in [-0.4, -0.2) is 52.7 Å². The van der Waals surface area contributed by atoms with Crippen LogP contribution in [0.3, 0.4) is 0 Å². The van der Waals surface area contributed by atoms with Crippen LogP contribution in [0.15, 0.2) is 53.9 Å². The Kier molecular flexibility index (Phi) is 6.83. The van der Waals surface area contributed by atoms with Crippen molar-refractivity contribution in [2.45, 2.75) is 18.5 Å². The molecule has 1 N–H and O–H groups in total. The standard InChI is InChI=1S/C22H24FN5O2S/c1-2-16-5-3-4-6-19(16)28-15-24-26-22(28)31-14-21(29)25-17-7-8-20(18(23)13-17)27-9-11-30-12-10-27/h3-8,13,15H,2,9-12,14H2,1H3,(H,25,29). The normalized spacial score (nSPS) is 13.9. The van der Waals surface area contributed by atoms with Crippen molar-refractivity contribution < 1.29 is 13.9 Å². The first-order chi connectivity index (χ1) is 15.2. The molecule has 1 aliphatic heterocycles. The SMILES string of the molecule is CCc1ccccc1-n1cnnc1SCC(=O)Nc1ccc(N2CCOCC2)c(F)c1. The van der Waals surface area contributed by atoms with Crippen molar-refractivity contribution in [1.29, 1.82) is 0 Å². The lowest BCUT2D eigenvalue weighted by molar-refractivity contribution is -0.113. The molecule has 1 fully saturated rings. The summed E-state index contributed by atoms with van der Waals surface area (Å²) in [4.78, 5) is 14.4. The van der Waals surface area contributed by atoms with Gasteiger partial charge in [0, 0.05) is 18.8 Å². The predicted octanol–water partition coefficient (Wildman–Crippen LogP) is 3.54. The Balaban J connectivity index is 1.38. The maximum Gasteiger partial charge on any atom is 0.234 e. The Labute approximate surface area is 184 Å². The van der Waals surface area contributed by atoms with Crippen molar-refractivity contribution in [3.05, 3.63) is 60.2 Å². The smallest absolute Gasteiger partial charge is 0.234 e. The third kappa shape index (κ3) is 5.05. The molecule has 0 unspecified atom stereocenters. The van der Waals surface area contributed by atoms with Crippen LogP contribution in [0.5, 0.6) is 0 Å². The van der Waals surface area contributed by atoms with Gasteiger partial charge in [-0.25, -0.2) is 4.39 Å². The summed E-state index contributed by atoms with van der Waals surface area (Å²) in [7, 11) is 0. The molecule has 7 nitrogen and oxygen atoms in total. The van der Waals surface area contributed by atoms with Crippen LogP contribution in [0, 0.1) is 5.82 Å². The molecule has 0 atom stereocenters. The molecule has 1 saturated heterocycles. The fraction of sp³-hybridized carbons (Fsp3) is 0.318. The second-order valence-electron chi connectivity index (χ2n) is 7.07. The molecule has 0 spiro atoms. The molecule has 0 saturated carbocycles. The molecule has 1 aliphatic rings. The summed E-state index contributed by atoms with van der Waals surface area (Å²) in [5.74, 6) is -0.454. The summed E-state index contributed by atoms with van der Waals surface area (Å²) in [5, 5.41) is 11.5. The minimum absolute atomic E-state index is 0.139. The highest BCUT2D eigenvalue weighted by molar-refractivity contribution is 7.99. The van der Waals surface area contributed by atoms with E-state index in [1.165, 1.54) is 23.4 Å². The number of anilines is 2. The highest BCUT2D eigenvalue weighted by Crippen LogP contribution is 2.25. The predicted molar refractivity (Wildman–Crippen MR) is 120 cm³/mol. The van der Waals surface area contributed by atoms with E-state index in [1.807, 2.05) is 27.7 Å². The number of nitrogens with one attached hydrogen (secondary N) is 1. The maximum atomic E-state index is 14.5. The second kappa shape index (κ2) is 9.93. The van der Waals surface area contributed by atoms with Crippen LogP contribution in [-0.2, 0) is 16.0 Å². The van der Waals surface area contributed by atoms with E-state index in [0.717, 1.165) is 12.1 Å². The molecule has 0 aliphatic carbocycles. The lowest BCUT2D eigenvalue weighted by Gasteiger charge is -2.29. The summed E-state index contributed by atoms with van der Waals surface area (Å²) in [6.45, 7) is 4.57. The number of hydrogen-bond donors (Lipinski definition) is 1. The maximum absolute atomic E-state index is 14.5. The number of rotatable bonds is 7. The molecule has 4 rings (SSSR count). The van der Waals surface area contributed by atoms with E-state index in [-0.39, 0.29) is 17.5 Å². The molecule has 2 aromatic carbocycles. The number of thioether (sulfide) groups is 1. The van der Waals surface area contributed by atoms with Crippen molar-refractivity contribution >= 4 is 29.0 Å². The van der Waals surface area contributed by atoms with Gasteiger partial charge >= 0.3 is 0 Å². The van der Waals surface area contributed by atoms with Gasteiger partial charge in [-0.3, -0.25) is 9.36 Å². The van der Waals surface area contributed by atoms with Crippen molar-refractivity contribution in [2.75, 3.05) is 42.3 Å². The van der Waals surface area contributed by atoms with E-state index < -0.39 is 0 Å². The molecule has 0 bridgehead atoms. The number of carbonyl (C=O) groups is 1. The Morgan fingerprint density at radius 2 is 2.00 bits per heavy atom. The Morgan fingerprint density at radius 1 is 1.19 bits per heavy atom. The highest BCUT2D eigenvalue weighted by atomic mass is 32.2. The lowest BCUT2D eigenvalue weighted by atomic mass is 10.1. The molecular formula is C22H24FN5O2S. The topological polar surface area (TPSA) is 72.3 Å². The van der Waals surface area contributed by atoms with Gasteiger partial charge in [0.05, 0.1) is 30.3 Å². The second-order valence-corrected chi connectivity index (χ2v) is 8.01. The molecule has 31 heavy (non-hydrogen) atoms. The van der Waals surface area contributed by atoms with E-state index >= 15 is 0 Å². The highest BCUT2D eigenvalue weighted by Gasteiger charge is 2.16. The number of amides is 1. The summed E-state index contributed by atoms with van der Waals surface area (Å²) in [6.07, 6.45) is 2.53. The molecule has 1 amide bonds. The molecule has 0 radical (unpaired) electrons. The molecular weight excluding hydrogens is 417 g/mol. The third-order valence-electron chi connectivity index (χ3n) is 5.06. The number of halogens is 1. The largest absolute Gasteiger partial charge is 0.378 e. The Bertz CT molecular complexity index is 1050. The average molecular weight is 442 g/mol. The first kappa shape index (κ1) is 21.3. The van der Waals surface area contributed by atoms with E-state index in [0.29, 0.717) is 42.8 Å². The fourth-order valence-electron chi connectivity index (χ4n) is 3.51. The zero-order chi connectivity index (χ0) is 21.6. The summed E-state index contributed by atoms with van der Waals surface area (Å²) in [5.41, 5.74) is 3.12. The molecule has 162 valence electrons. The summed E-state index contributed by atoms with van der Waals surface area (Å²) >= 11 is 1.29. The Hall–Kier alpha value is -2.91. The van der Waals surface area contributed by atoms with Crippen molar-refractivity contribution in [3.8, 4) is 5.69 Å². The quantitative estimate of drug-likeness (QED) is 0.566. The lowest BCUT2D eigenvalue weighted by Crippen LogP contribution is -2.36. The van der Waals surface area contributed by atoms with E-state index in [2.05, 4.69) is 28.5 Å². The van der Waals surface area contributed by atoms with Gasteiger partial charge in [-0.15, -0.1) is 10.2 Å². The fourth-order valence-corrected chi connectivity index (χ4v) is 4.23. The van der Waals surface area contributed by atoms with Crippen LogP contribution in [0.4, 0.5) is 15.8 Å². The van der Waals surface area contributed by atoms with Gasteiger partial charge in [0.15, 0.2) is 5.16 Å². The summed E-state index contributed by atoms with van der Waals surface area (Å²) in [6, 6.07) is 12.8. The number of benzene rings is 2. The van der Waals surface area contributed by atoms with Gasteiger partial charge in [0.1, 0.15) is 12.1 Å². The van der Waals surface area contributed by atoms with E-state index in [1.54, 1.807) is 18.5 Å². The van der Waals surface area contributed by atoms with Gasteiger partial charge in [-0.1, -0.05) is 36.9 Å². The molecule has 9 heteroatoms. The molecule has 2 heterocycles. The van der Waals surface area contributed by atoms with Gasteiger partial charge in [0.25, 0.3) is 0 Å². The van der Waals surface area contributed by atoms with Gasteiger partial charge < -0.3 is 15.0 Å². The third-order valence-corrected chi connectivity index (χ3v) is 6.01. The molecule has 1 aromatic heterocycles.